The molecular weight excluding hydrogens is 323 g/mol. The summed E-state index contributed by atoms with van der Waals surface area (Å²) >= 11 is 2.30. The Labute approximate surface area is 116 Å². The molecule has 0 amide bonds. The van der Waals surface area contributed by atoms with E-state index in [9.17, 15) is 0 Å². The third-order valence-corrected chi connectivity index (χ3v) is 3.37. The third kappa shape index (κ3) is 3.73. The minimum absolute atomic E-state index is 0.627. The fraction of sp³-hybridized carbons (Fsp3) is 0.200. The van der Waals surface area contributed by atoms with Gasteiger partial charge in [-0.05, 0) is 64.4 Å². The fourth-order valence-electron chi connectivity index (χ4n) is 1.57. The van der Waals surface area contributed by atoms with Crippen molar-refractivity contribution >= 4 is 22.6 Å². The zero-order valence-electron chi connectivity index (χ0n) is 9.82. The summed E-state index contributed by atoms with van der Waals surface area (Å²) < 4.78 is 6.98. The molecule has 1 nitrogen and oxygen atoms in total. The summed E-state index contributed by atoms with van der Waals surface area (Å²) in [5.41, 5.74) is 2.54. The van der Waals surface area contributed by atoms with Crippen LogP contribution in [0.2, 0.25) is 0 Å². The first-order valence-corrected chi connectivity index (χ1v) is 6.82. The van der Waals surface area contributed by atoms with Gasteiger partial charge in [0.15, 0.2) is 0 Å². The molecule has 0 unspecified atom stereocenters. The van der Waals surface area contributed by atoms with Crippen molar-refractivity contribution in [2.24, 2.45) is 0 Å². The standard InChI is InChI=1S/C15H15IO/c1-2-12-5-9-15(10-6-12)17-11-13-3-7-14(16)8-4-13/h3-10H,2,11H2,1H3. The summed E-state index contributed by atoms with van der Waals surface area (Å²) in [6.45, 7) is 2.78. The first-order chi connectivity index (χ1) is 8.28. The molecule has 2 heteroatoms. The van der Waals surface area contributed by atoms with Gasteiger partial charge in [-0.15, -0.1) is 0 Å². The highest BCUT2D eigenvalue weighted by atomic mass is 127. The van der Waals surface area contributed by atoms with Gasteiger partial charge in [-0.3, -0.25) is 0 Å². The average molecular weight is 338 g/mol. The second-order valence-electron chi connectivity index (χ2n) is 3.91. The minimum Gasteiger partial charge on any atom is -0.489 e. The number of hydrogen-bond donors (Lipinski definition) is 0. The Morgan fingerprint density at radius 3 is 2.06 bits per heavy atom. The zero-order chi connectivity index (χ0) is 12.1. The molecule has 0 fully saturated rings. The minimum atomic E-state index is 0.627. The molecular formula is C15H15IO. The van der Waals surface area contributed by atoms with Crippen LogP contribution in [-0.2, 0) is 13.0 Å². The van der Waals surface area contributed by atoms with E-state index in [-0.39, 0.29) is 0 Å². The Bertz CT molecular complexity index is 459. The van der Waals surface area contributed by atoms with Gasteiger partial charge in [0.25, 0.3) is 0 Å². The molecule has 0 heterocycles. The molecule has 0 saturated carbocycles. The molecule has 0 aliphatic rings. The molecule has 2 aromatic carbocycles. The number of rotatable bonds is 4. The molecule has 0 atom stereocenters. The summed E-state index contributed by atoms with van der Waals surface area (Å²) in [6, 6.07) is 16.7. The van der Waals surface area contributed by atoms with Crippen molar-refractivity contribution in [1.29, 1.82) is 0 Å². The summed E-state index contributed by atoms with van der Waals surface area (Å²) in [6.07, 6.45) is 1.07. The van der Waals surface area contributed by atoms with Gasteiger partial charge in [0.2, 0.25) is 0 Å². The van der Waals surface area contributed by atoms with Crippen LogP contribution in [0, 0.1) is 3.57 Å². The largest absolute Gasteiger partial charge is 0.489 e. The van der Waals surface area contributed by atoms with E-state index in [4.69, 9.17) is 4.74 Å². The van der Waals surface area contributed by atoms with Crippen LogP contribution in [0.25, 0.3) is 0 Å². The van der Waals surface area contributed by atoms with Crippen molar-refractivity contribution in [3.63, 3.8) is 0 Å². The van der Waals surface area contributed by atoms with E-state index in [1.165, 1.54) is 14.7 Å². The van der Waals surface area contributed by atoms with Gasteiger partial charge >= 0.3 is 0 Å². The van der Waals surface area contributed by atoms with Crippen molar-refractivity contribution in [2.75, 3.05) is 0 Å². The highest BCUT2D eigenvalue weighted by molar-refractivity contribution is 14.1. The molecule has 0 aliphatic heterocycles. The first kappa shape index (κ1) is 12.4. The highest BCUT2D eigenvalue weighted by Crippen LogP contribution is 2.15. The van der Waals surface area contributed by atoms with Gasteiger partial charge < -0.3 is 4.74 Å². The van der Waals surface area contributed by atoms with Gasteiger partial charge in [-0.2, -0.15) is 0 Å². The summed E-state index contributed by atoms with van der Waals surface area (Å²) in [5, 5.41) is 0. The van der Waals surface area contributed by atoms with Crippen LogP contribution in [0.5, 0.6) is 5.75 Å². The lowest BCUT2D eigenvalue weighted by Gasteiger charge is -2.07. The molecule has 88 valence electrons. The number of halogens is 1. The molecule has 0 radical (unpaired) electrons. The van der Waals surface area contributed by atoms with Crippen LogP contribution < -0.4 is 4.74 Å². The quantitative estimate of drug-likeness (QED) is 0.750. The molecule has 0 spiro atoms. The number of hydrogen-bond acceptors (Lipinski definition) is 1. The van der Waals surface area contributed by atoms with Gasteiger partial charge in [-0.25, -0.2) is 0 Å². The van der Waals surface area contributed by atoms with Crippen LogP contribution in [-0.4, -0.2) is 0 Å². The number of ether oxygens (including phenoxy) is 1. The van der Waals surface area contributed by atoms with Crippen LogP contribution in [0.3, 0.4) is 0 Å². The van der Waals surface area contributed by atoms with Crippen molar-refractivity contribution < 1.29 is 4.74 Å². The van der Waals surface area contributed by atoms with Gasteiger partial charge in [-0.1, -0.05) is 31.2 Å². The lowest BCUT2D eigenvalue weighted by atomic mass is 10.2. The highest BCUT2D eigenvalue weighted by Gasteiger charge is 1.96. The normalized spacial score (nSPS) is 10.2. The Kier molecular flexibility index (Phi) is 4.42. The van der Waals surface area contributed by atoms with Crippen molar-refractivity contribution in [2.45, 2.75) is 20.0 Å². The maximum absolute atomic E-state index is 5.73. The smallest absolute Gasteiger partial charge is 0.119 e. The van der Waals surface area contributed by atoms with Crippen molar-refractivity contribution in [1.82, 2.24) is 0 Å². The van der Waals surface area contributed by atoms with E-state index < -0.39 is 0 Å². The summed E-state index contributed by atoms with van der Waals surface area (Å²) in [4.78, 5) is 0. The van der Waals surface area contributed by atoms with Crippen LogP contribution in [0.1, 0.15) is 18.1 Å². The first-order valence-electron chi connectivity index (χ1n) is 5.74. The molecule has 0 bridgehead atoms. The molecule has 0 saturated heterocycles. The van der Waals surface area contributed by atoms with Crippen LogP contribution in [0.4, 0.5) is 0 Å². The molecule has 17 heavy (non-hydrogen) atoms. The molecule has 2 aromatic rings. The van der Waals surface area contributed by atoms with E-state index in [2.05, 4.69) is 65.9 Å². The maximum atomic E-state index is 5.73. The predicted molar refractivity (Wildman–Crippen MR) is 79.3 cm³/mol. The predicted octanol–water partition coefficient (Wildman–Crippen LogP) is 4.43. The molecule has 2 rings (SSSR count). The Hall–Kier alpha value is -1.03. The Morgan fingerprint density at radius 1 is 0.882 bits per heavy atom. The van der Waals surface area contributed by atoms with Crippen molar-refractivity contribution in [3.8, 4) is 5.75 Å². The summed E-state index contributed by atoms with van der Waals surface area (Å²) in [7, 11) is 0. The average Bonchev–Trinajstić information content (AvgIpc) is 2.39. The van der Waals surface area contributed by atoms with E-state index in [0.29, 0.717) is 6.61 Å². The molecule has 0 N–H and O–H groups in total. The molecule has 0 aromatic heterocycles. The second kappa shape index (κ2) is 6.05. The topological polar surface area (TPSA) is 9.23 Å². The fourth-order valence-corrected chi connectivity index (χ4v) is 1.93. The third-order valence-electron chi connectivity index (χ3n) is 2.65. The molecule has 0 aliphatic carbocycles. The van der Waals surface area contributed by atoms with E-state index in [1.54, 1.807) is 0 Å². The zero-order valence-corrected chi connectivity index (χ0v) is 12.0. The summed E-state index contributed by atoms with van der Waals surface area (Å²) in [5.74, 6) is 0.931. The van der Waals surface area contributed by atoms with Crippen LogP contribution >= 0.6 is 22.6 Å². The Morgan fingerprint density at radius 2 is 1.47 bits per heavy atom. The van der Waals surface area contributed by atoms with E-state index in [0.717, 1.165) is 12.2 Å². The van der Waals surface area contributed by atoms with Crippen molar-refractivity contribution in [3.05, 3.63) is 63.2 Å². The second-order valence-corrected chi connectivity index (χ2v) is 5.16. The van der Waals surface area contributed by atoms with E-state index in [1.807, 2.05) is 12.1 Å². The van der Waals surface area contributed by atoms with Crippen LogP contribution in [0.15, 0.2) is 48.5 Å². The SMILES string of the molecule is CCc1ccc(OCc2ccc(I)cc2)cc1. The lowest BCUT2D eigenvalue weighted by molar-refractivity contribution is 0.306. The van der Waals surface area contributed by atoms with Gasteiger partial charge in [0, 0.05) is 3.57 Å². The van der Waals surface area contributed by atoms with Gasteiger partial charge in [0.1, 0.15) is 12.4 Å². The Balaban J connectivity index is 1.95. The monoisotopic (exact) mass is 338 g/mol. The maximum Gasteiger partial charge on any atom is 0.119 e. The lowest BCUT2D eigenvalue weighted by Crippen LogP contribution is -1.95. The van der Waals surface area contributed by atoms with E-state index >= 15 is 0 Å². The van der Waals surface area contributed by atoms with Gasteiger partial charge in [0.05, 0.1) is 0 Å². The number of benzene rings is 2. The number of aryl methyl sites for hydroxylation is 1.